The summed E-state index contributed by atoms with van der Waals surface area (Å²) >= 11 is 0. The molecule has 2 aromatic carbocycles. The van der Waals surface area contributed by atoms with Crippen LogP contribution in [0.1, 0.15) is 40.0 Å². The lowest BCUT2D eigenvalue weighted by Gasteiger charge is -2.37. The Morgan fingerprint density at radius 3 is 2.09 bits per heavy atom. The quantitative estimate of drug-likeness (QED) is 0.317. The van der Waals surface area contributed by atoms with Gasteiger partial charge in [-0.1, -0.05) is 30.4 Å². The van der Waals surface area contributed by atoms with E-state index in [4.69, 9.17) is 4.74 Å². The first-order chi connectivity index (χ1) is 21.7. The van der Waals surface area contributed by atoms with Gasteiger partial charge in [0.05, 0.1) is 17.4 Å². The SMILES string of the molecule is C=CCN(C(=O)C1N(CCCO)C(=O)[C@@H]2[C@H](C(=O)N(CC=C)c3ccccc3)[C@]3(C)CCC12O3)c1ccc(N(CC)CC)cc1. The number of carbonyl (C=O) groups is 3. The van der Waals surface area contributed by atoms with Gasteiger partial charge in [0.2, 0.25) is 11.8 Å². The molecule has 2 unspecified atom stereocenters. The van der Waals surface area contributed by atoms with Crippen LogP contribution in [0.2, 0.25) is 0 Å². The van der Waals surface area contributed by atoms with Crippen LogP contribution in [0, 0.1) is 11.8 Å². The van der Waals surface area contributed by atoms with Crippen molar-refractivity contribution >= 4 is 34.8 Å². The van der Waals surface area contributed by atoms with Gasteiger partial charge in [0, 0.05) is 56.4 Å². The van der Waals surface area contributed by atoms with Gasteiger partial charge in [-0.05, 0) is 76.4 Å². The van der Waals surface area contributed by atoms with Crippen LogP contribution in [-0.2, 0) is 19.1 Å². The Kier molecular flexibility index (Phi) is 9.51. The topological polar surface area (TPSA) is 93.6 Å². The number of aliphatic hydroxyl groups is 1. The first-order valence-corrected chi connectivity index (χ1v) is 16.1. The van der Waals surface area contributed by atoms with E-state index in [0.29, 0.717) is 30.6 Å². The van der Waals surface area contributed by atoms with Crippen LogP contribution in [0.15, 0.2) is 79.9 Å². The van der Waals surface area contributed by atoms with Gasteiger partial charge in [-0.3, -0.25) is 14.4 Å². The van der Waals surface area contributed by atoms with Gasteiger partial charge in [0.25, 0.3) is 5.91 Å². The smallest absolute Gasteiger partial charge is 0.253 e. The number of para-hydroxylation sites is 1. The van der Waals surface area contributed by atoms with E-state index in [1.165, 1.54) is 0 Å². The normalized spacial score (nSPS) is 26.4. The molecule has 2 aromatic rings. The fourth-order valence-electron chi connectivity index (χ4n) is 7.82. The molecule has 1 spiro atoms. The first kappa shape index (κ1) is 32.4. The van der Waals surface area contributed by atoms with Gasteiger partial charge in [-0.25, -0.2) is 0 Å². The summed E-state index contributed by atoms with van der Waals surface area (Å²) in [5.41, 5.74) is 0.377. The fourth-order valence-corrected chi connectivity index (χ4v) is 7.82. The van der Waals surface area contributed by atoms with Crippen molar-refractivity contribution in [1.82, 2.24) is 4.90 Å². The Bertz CT molecular complexity index is 1410. The van der Waals surface area contributed by atoms with Crippen molar-refractivity contribution in [3.8, 4) is 0 Å². The second-order valence-corrected chi connectivity index (χ2v) is 12.3. The van der Waals surface area contributed by atoms with Crippen LogP contribution in [0.5, 0.6) is 0 Å². The van der Waals surface area contributed by atoms with Crippen molar-refractivity contribution in [3.63, 3.8) is 0 Å². The minimum absolute atomic E-state index is 0.131. The molecule has 9 heteroatoms. The van der Waals surface area contributed by atoms with Crippen LogP contribution in [0.4, 0.5) is 17.1 Å². The number of carbonyl (C=O) groups excluding carboxylic acids is 3. The zero-order chi connectivity index (χ0) is 32.4. The molecule has 1 N–H and O–H groups in total. The molecule has 3 aliphatic rings. The van der Waals surface area contributed by atoms with Crippen molar-refractivity contribution in [1.29, 1.82) is 0 Å². The van der Waals surface area contributed by atoms with Crippen molar-refractivity contribution in [2.24, 2.45) is 11.8 Å². The maximum atomic E-state index is 14.8. The number of anilines is 3. The Balaban J connectivity index is 1.55. The number of benzene rings is 2. The van der Waals surface area contributed by atoms with Gasteiger partial charge >= 0.3 is 0 Å². The van der Waals surface area contributed by atoms with E-state index in [1.54, 1.807) is 26.9 Å². The van der Waals surface area contributed by atoms with Crippen molar-refractivity contribution in [3.05, 3.63) is 79.9 Å². The number of hydrogen-bond acceptors (Lipinski definition) is 6. The molecule has 3 fully saturated rings. The van der Waals surface area contributed by atoms with E-state index in [-0.39, 0.29) is 44.0 Å². The third kappa shape index (κ3) is 5.46. The number of hydrogen-bond donors (Lipinski definition) is 1. The lowest BCUT2D eigenvalue weighted by molar-refractivity contribution is -0.144. The van der Waals surface area contributed by atoms with E-state index in [0.717, 1.165) is 18.8 Å². The molecular formula is C36H46N4O5. The third-order valence-corrected chi connectivity index (χ3v) is 9.85. The molecule has 0 aliphatic carbocycles. The van der Waals surface area contributed by atoms with Gasteiger partial charge in [-0.2, -0.15) is 0 Å². The van der Waals surface area contributed by atoms with Gasteiger partial charge < -0.3 is 29.4 Å². The van der Waals surface area contributed by atoms with E-state index in [1.807, 2.05) is 61.5 Å². The Labute approximate surface area is 266 Å². The van der Waals surface area contributed by atoms with E-state index in [2.05, 4.69) is 31.9 Å². The molecule has 45 heavy (non-hydrogen) atoms. The summed E-state index contributed by atoms with van der Waals surface area (Å²) in [5, 5.41) is 9.74. The second kappa shape index (κ2) is 13.2. The predicted octanol–water partition coefficient (Wildman–Crippen LogP) is 4.42. The number of likely N-dealkylation sites (tertiary alicyclic amines) is 1. The number of rotatable bonds is 14. The van der Waals surface area contributed by atoms with Crippen LogP contribution in [0.25, 0.3) is 0 Å². The highest BCUT2D eigenvalue weighted by Crippen LogP contribution is 2.63. The molecule has 3 aliphatic heterocycles. The van der Waals surface area contributed by atoms with Crippen LogP contribution < -0.4 is 14.7 Å². The zero-order valence-corrected chi connectivity index (χ0v) is 26.7. The number of amides is 3. The zero-order valence-electron chi connectivity index (χ0n) is 26.7. The maximum Gasteiger partial charge on any atom is 0.253 e. The number of fused-ring (bicyclic) bond motifs is 1. The highest BCUT2D eigenvalue weighted by atomic mass is 16.5. The number of nitrogens with zero attached hydrogens (tertiary/aromatic N) is 4. The van der Waals surface area contributed by atoms with Crippen LogP contribution in [0.3, 0.4) is 0 Å². The van der Waals surface area contributed by atoms with Gasteiger partial charge in [0.15, 0.2) is 0 Å². The third-order valence-electron chi connectivity index (χ3n) is 9.85. The van der Waals surface area contributed by atoms with Crippen LogP contribution in [-0.4, -0.2) is 84.3 Å². The molecule has 3 amide bonds. The Hall–Kier alpha value is -3.95. The molecular weight excluding hydrogens is 568 g/mol. The highest BCUT2D eigenvalue weighted by Gasteiger charge is 2.78. The van der Waals surface area contributed by atoms with Gasteiger partial charge in [0.1, 0.15) is 11.6 Å². The average Bonchev–Trinajstić information content (AvgIpc) is 3.62. The molecule has 0 radical (unpaired) electrons. The Morgan fingerprint density at radius 1 is 0.933 bits per heavy atom. The van der Waals surface area contributed by atoms with Crippen molar-refractivity contribution in [2.45, 2.75) is 57.3 Å². The Morgan fingerprint density at radius 2 is 1.51 bits per heavy atom. The molecule has 0 saturated carbocycles. The summed E-state index contributed by atoms with van der Waals surface area (Å²) in [4.78, 5) is 50.8. The molecule has 3 saturated heterocycles. The summed E-state index contributed by atoms with van der Waals surface area (Å²) in [5.74, 6) is -2.38. The maximum absolute atomic E-state index is 14.8. The molecule has 3 heterocycles. The lowest BCUT2D eigenvalue weighted by Crippen LogP contribution is -2.56. The molecule has 5 rings (SSSR count). The fraction of sp³-hybridized carbons (Fsp3) is 0.472. The van der Waals surface area contributed by atoms with E-state index < -0.39 is 29.1 Å². The molecule has 2 bridgehead atoms. The summed E-state index contributed by atoms with van der Waals surface area (Å²) in [6.45, 7) is 16.2. The minimum Gasteiger partial charge on any atom is -0.396 e. The summed E-state index contributed by atoms with van der Waals surface area (Å²) < 4.78 is 6.85. The van der Waals surface area contributed by atoms with E-state index >= 15 is 0 Å². The van der Waals surface area contributed by atoms with Crippen molar-refractivity contribution in [2.75, 3.05) is 54.0 Å². The first-order valence-electron chi connectivity index (χ1n) is 16.1. The summed E-state index contributed by atoms with van der Waals surface area (Å²) in [7, 11) is 0. The molecule has 0 aromatic heterocycles. The van der Waals surface area contributed by atoms with Crippen LogP contribution >= 0.6 is 0 Å². The van der Waals surface area contributed by atoms with Crippen molar-refractivity contribution < 1.29 is 24.2 Å². The number of ether oxygens (including phenoxy) is 1. The predicted molar refractivity (Wildman–Crippen MR) is 177 cm³/mol. The minimum atomic E-state index is -1.17. The largest absolute Gasteiger partial charge is 0.396 e. The molecule has 5 atom stereocenters. The lowest BCUT2D eigenvalue weighted by atomic mass is 9.66. The highest BCUT2D eigenvalue weighted by molar-refractivity contribution is 6.06. The van der Waals surface area contributed by atoms with Gasteiger partial charge in [-0.15, -0.1) is 13.2 Å². The average molecular weight is 615 g/mol. The second-order valence-electron chi connectivity index (χ2n) is 12.3. The monoisotopic (exact) mass is 614 g/mol. The molecule has 240 valence electrons. The summed E-state index contributed by atoms with van der Waals surface area (Å²) in [6.07, 6.45) is 4.67. The number of aliphatic hydroxyl groups excluding tert-OH is 1. The standard InChI is InChI=1S/C36H46N4O5/c1-6-22-38(27-14-11-10-12-15-27)32(42)29-30-33(43)40(24-13-25-41)31(36(30)21-20-35(29,5)45-36)34(44)39(23-7-2)28-18-16-26(17-19-28)37(8-3)9-4/h6-7,10-12,14-19,29-31,41H,1-2,8-9,13,20-25H2,3-5H3/t29-,30+,31?,35+,36?/m1/s1. The molecule has 9 nitrogen and oxygen atoms in total. The van der Waals surface area contributed by atoms with E-state index in [9.17, 15) is 19.5 Å². The summed E-state index contributed by atoms with van der Waals surface area (Å²) in [6, 6.07) is 16.3.